The summed E-state index contributed by atoms with van der Waals surface area (Å²) in [6, 6.07) is 15.0. The van der Waals surface area contributed by atoms with Crippen LogP contribution in [-0.4, -0.2) is 35.0 Å². The number of nitrogens with zero attached hydrogens (tertiary/aromatic N) is 3. The third-order valence-electron chi connectivity index (χ3n) is 4.17. The van der Waals surface area contributed by atoms with Crippen molar-refractivity contribution in [1.29, 1.82) is 0 Å². The average Bonchev–Trinajstić information content (AvgIpc) is 3.09. The van der Waals surface area contributed by atoms with Gasteiger partial charge in [0, 0.05) is 12.2 Å². The zero-order chi connectivity index (χ0) is 17.2. The van der Waals surface area contributed by atoms with Crippen LogP contribution < -0.4 is 4.90 Å². The largest absolute Gasteiger partial charge is 0.451 e. The number of esters is 1. The lowest BCUT2D eigenvalue weighted by Crippen LogP contribution is -2.33. The zero-order valence-corrected chi connectivity index (χ0v) is 13.4. The molecule has 0 saturated carbocycles. The highest BCUT2D eigenvalue weighted by Crippen LogP contribution is 2.27. The molecule has 1 amide bonds. The first-order chi connectivity index (χ1) is 12.2. The molecule has 2 aromatic carbocycles. The van der Waals surface area contributed by atoms with Crippen LogP contribution in [-0.2, 0) is 16.0 Å². The van der Waals surface area contributed by atoms with Gasteiger partial charge in [-0.05, 0) is 30.2 Å². The maximum atomic E-state index is 12.4. The molecule has 0 saturated heterocycles. The lowest BCUT2D eigenvalue weighted by molar-refractivity contribution is -0.121. The van der Waals surface area contributed by atoms with E-state index in [1.807, 2.05) is 42.5 Å². The molecule has 1 aliphatic heterocycles. The predicted molar refractivity (Wildman–Crippen MR) is 92.3 cm³/mol. The van der Waals surface area contributed by atoms with E-state index in [4.69, 9.17) is 4.74 Å². The van der Waals surface area contributed by atoms with Crippen molar-refractivity contribution in [2.24, 2.45) is 0 Å². The van der Waals surface area contributed by atoms with E-state index in [2.05, 4.69) is 9.97 Å². The first-order valence-electron chi connectivity index (χ1n) is 7.99. The molecular formula is C19H15N3O3. The lowest BCUT2D eigenvalue weighted by atomic mass is 10.2. The summed E-state index contributed by atoms with van der Waals surface area (Å²) >= 11 is 0. The summed E-state index contributed by atoms with van der Waals surface area (Å²) in [5.74, 6) is -0.897. The maximum Gasteiger partial charge on any atom is 0.359 e. The molecule has 0 spiro atoms. The number of hydrogen-bond donors (Lipinski definition) is 0. The average molecular weight is 333 g/mol. The van der Waals surface area contributed by atoms with Gasteiger partial charge < -0.3 is 9.64 Å². The number of hydrogen-bond acceptors (Lipinski definition) is 5. The zero-order valence-electron chi connectivity index (χ0n) is 13.4. The number of carbonyl (C=O) groups is 2. The second-order valence-corrected chi connectivity index (χ2v) is 5.74. The highest BCUT2D eigenvalue weighted by atomic mass is 16.5. The van der Waals surface area contributed by atoms with Gasteiger partial charge in [0.25, 0.3) is 5.91 Å². The van der Waals surface area contributed by atoms with E-state index in [-0.39, 0.29) is 18.2 Å². The molecule has 1 aliphatic rings. The Balaban J connectivity index is 1.44. The van der Waals surface area contributed by atoms with E-state index in [9.17, 15) is 9.59 Å². The fourth-order valence-corrected chi connectivity index (χ4v) is 2.93. The van der Waals surface area contributed by atoms with E-state index >= 15 is 0 Å². The normalized spacial score (nSPS) is 12.9. The summed E-state index contributed by atoms with van der Waals surface area (Å²) in [5, 5.41) is 0. The van der Waals surface area contributed by atoms with Crippen molar-refractivity contribution < 1.29 is 14.3 Å². The third-order valence-corrected chi connectivity index (χ3v) is 4.17. The standard InChI is InChI=1S/C19H15N3O3/c23-18(22-10-9-13-5-1-4-8-17(13)22)12-25-19(24)16-11-20-14-6-2-3-7-15(14)21-16/h1-8,11H,9-10,12H2. The van der Waals surface area contributed by atoms with Crippen LogP contribution in [0.3, 0.4) is 0 Å². The Morgan fingerprint density at radius 2 is 1.80 bits per heavy atom. The number of rotatable bonds is 3. The predicted octanol–water partition coefficient (Wildman–Crippen LogP) is 2.38. The maximum absolute atomic E-state index is 12.4. The SMILES string of the molecule is O=C(OCC(=O)N1CCc2ccccc21)c1cnc2ccccc2n1. The molecule has 0 atom stereocenters. The first-order valence-corrected chi connectivity index (χ1v) is 7.99. The number of anilines is 1. The molecule has 0 radical (unpaired) electrons. The second kappa shape index (κ2) is 6.32. The summed E-state index contributed by atoms with van der Waals surface area (Å²) in [4.78, 5) is 34.6. The fourth-order valence-electron chi connectivity index (χ4n) is 2.93. The quantitative estimate of drug-likeness (QED) is 0.688. The van der Waals surface area contributed by atoms with Gasteiger partial charge in [0.05, 0.1) is 17.2 Å². The van der Waals surface area contributed by atoms with Crippen LogP contribution in [0.1, 0.15) is 16.1 Å². The first kappa shape index (κ1) is 15.3. The van der Waals surface area contributed by atoms with Gasteiger partial charge >= 0.3 is 5.97 Å². The minimum Gasteiger partial charge on any atom is -0.451 e. The van der Waals surface area contributed by atoms with Crippen LogP contribution in [0.4, 0.5) is 5.69 Å². The molecule has 6 heteroatoms. The van der Waals surface area contributed by atoms with Gasteiger partial charge in [-0.1, -0.05) is 30.3 Å². The van der Waals surface area contributed by atoms with Crippen molar-refractivity contribution >= 4 is 28.6 Å². The summed E-state index contributed by atoms with van der Waals surface area (Å²) in [6.45, 7) is 0.285. The summed E-state index contributed by atoms with van der Waals surface area (Å²) in [6.07, 6.45) is 2.17. The molecule has 6 nitrogen and oxygen atoms in total. The van der Waals surface area contributed by atoms with Crippen LogP contribution in [0.5, 0.6) is 0 Å². The van der Waals surface area contributed by atoms with Crippen molar-refractivity contribution in [3.63, 3.8) is 0 Å². The van der Waals surface area contributed by atoms with Gasteiger partial charge in [0.15, 0.2) is 12.3 Å². The number of aromatic nitrogens is 2. The minimum absolute atomic E-state index is 0.0910. The molecule has 0 bridgehead atoms. The third kappa shape index (κ3) is 2.94. The van der Waals surface area contributed by atoms with Gasteiger partial charge in [-0.3, -0.25) is 9.78 Å². The summed E-state index contributed by atoms with van der Waals surface area (Å²) < 4.78 is 5.13. The topological polar surface area (TPSA) is 72.4 Å². The van der Waals surface area contributed by atoms with Crippen molar-refractivity contribution in [2.45, 2.75) is 6.42 Å². The molecule has 3 aromatic rings. The van der Waals surface area contributed by atoms with E-state index in [0.29, 0.717) is 17.6 Å². The molecule has 0 aliphatic carbocycles. The van der Waals surface area contributed by atoms with Gasteiger partial charge in [0.2, 0.25) is 0 Å². The molecule has 0 N–H and O–H groups in total. The van der Waals surface area contributed by atoms with E-state index < -0.39 is 5.97 Å². The number of benzene rings is 2. The molecular weight excluding hydrogens is 318 g/mol. The van der Waals surface area contributed by atoms with Crippen molar-refractivity contribution in [3.8, 4) is 0 Å². The van der Waals surface area contributed by atoms with Crippen LogP contribution in [0.15, 0.2) is 54.7 Å². The number of amides is 1. The number of para-hydroxylation sites is 3. The van der Waals surface area contributed by atoms with Crippen LogP contribution >= 0.6 is 0 Å². The number of fused-ring (bicyclic) bond motifs is 2. The van der Waals surface area contributed by atoms with E-state index in [0.717, 1.165) is 17.7 Å². The number of carbonyl (C=O) groups excluding carboxylic acids is 2. The van der Waals surface area contributed by atoms with Gasteiger partial charge in [-0.25, -0.2) is 9.78 Å². The second-order valence-electron chi connectivity index (χ2n) is 5.74. The minimum atomic E-state index is -0.654. The molecule has 0 unspecified atom stereocenters. The lowest BCUT2D eigenvalue weighted by Gasteiger charge is -2.17. The van der Waals surface area contributed by atoms with Crippen LogP contribution in [0, 0.1) is 0 Å². The molecule has 0 fully saturated rings. The molecule has 124 valence electrons. The van der Waals surface area contributed by atoms with Gasteiger partial charge in [-0.2, -0.15) is 0 Å². The van der Waals surface area contributed by atoms with E-state index in [1.165, 1.54) is 6.20 Å². The monoisotopic (exact) mass is 333 g/mol. The molecule has 25 heavy (non-hydrogen) atoms. The smallest absolute Gasteiger partial charge is 0.359 e. The van der Waals surface area contributed by atoms with Gasteiger partial charge in [0.1, 0.15) is 0 Å². The Hall–Kier alpha value is -3.28. The van der Waals surface area contributed by atoms with Crippen molar-refractivity contribution in [1.82, 2.24) is 9.97 Å². The van der Waals surface area contributed by atoms with Crippen molar-refractivity contribution in [2.75, 3.05) is 18.1 Å². The Bertz CT molecular complexity index is 971. The summed E-state index contributed by atoms with van der Waals surface area (Å²) in [7, 11) is 0. The Kier molecular flexibility index (Phi) is 3.85. The highest BCUT2D eigenvalue weighted by molar-refractivity contribution is 5.98. The number of ether oxygens (including phenoxy) is 1. The molecule has 2 heterocycles. The Morgan fingerprint density at radius 3 is 2.68 bits per heavy atom. The highest BCUT2D eigenvalue weighted by Gasteiger charge is 2.25. The molecule has 4 rings (SSSR count). The van der Waals surface area contributed by atoms with Gasteiger partial charge in [-0.15, -0.1) is 0 Å². The van der Waals surface area contributed by atoms with Crippen LogP contribution in [0.25, 0.3) is 11.0 Å². The summed E-state index contributed by atoms with van der Waals surface area (Å²) in [5.41, 5.74) is 3.41. The Morgan fingerprint density at radius 1 is 1.04 bits per heavy atom. The molecule has 1 aromatic heterocycles. The van der Waals surface area contributed by atoms with Crippen molar-refractivity contribution in [3.05, 3.63) is 66.0 Å². The van der Waals surface area contributed by atoms with E-state index in [1.54, 1.807) is 11.0 Å². The van der Waals surface area contributed by atoms with Crippen LogP contribution in [0.2, 0.25) is 0 Å². The Labute approximate surface area is 144 Å². The fraction of sp³-hybridized carbons (Fsp3) is 0.158.